The molecular formula is C12H11NO3S. The summed E-state index contributed by atoms with van der Waals surface area (Å²) < 4.78 is 5.20. The molecule has 0 atom stereocenters. The van der Waals surface area contributed by atoms with Crippen LogP contribution in [0.25, 0.3) is 0 Å². The molecule has 0 bridgehead atoms. The molecule has 17 heavy (non-hydrogen) atoms. The zero-order chi connectivity index (χ0) is 12.6. The van der Waals surface area contributed by atoms with E-state index in [-0.39, 0.29) is 5.17 Å². The van der Waals surface area contributed by atoms with Crippen LogP contribution in [0.4, 0.5) is 0 Å². The lowest BCUT2D eigenvalue weighted by atomic mass is 10.1. The fraction of sp³-hybridized carbons (Fsp3) is 0.250. The van der Waals surface area contributed by atoms with Crippen molar-refractivity contribution in [1.82, 2.24) is 4.90 Å². The molecular weight excluding hydrogens is 238 g/mol. The second kappa shape index (κ2) is 3.92. The van der Waals surface area contributed by atoms with Gasteiger partial charge in [0.1, 0.15) is 0 Å². The highest BCUT2D eigenvalue weighted by Crippen LogP contribution is 2.25. The molecule has 1 aromatic carbocycles. The van der Waals surface area contributed by atoms with Crippen molar-refractivity contribution < 1.29 is 14.3 Å². The summed E-state index contributed by atoms with van der Waals surface area (Å²) in [6, 6.07) is 8.50. The fourth-order valence-electron chi connectivity index (χ4n) is 1.54. The van der Waals surface area contributed by atoms with E-state index < -0.39 is 17.4 Å². The third-order valence-electron chi connectivity index (χ3n) is 2.47. The zero-order valence-corrected chi connectivity index (χ0v) is 10.3. The van der Waals surface area contributed by atoms with Crippen molar-refractivity contribution in [2.45, 2.75) is 19.4 Å². The Labute approximate surface area is 104 Å². The monoisotopic (exact) mass is 249 g/mol. The number of thiocarbonyl (C=S) groups is 1. The molecule has 1 heterocycles. The lowest BCUT2D eigenvalue weighted by molar-refractivity contribution is -0.133. The van der Waals surface area contributed by atoms with E-state index in [1.807, 2.05) is 0 Å². The van der Waals surface area contributed by atoms with Crippen LogP contribution in [0.5, 0.6) is 0 Å². The van der Waals surface area contributed by atoms with Crippen LogP contribution in [0.15, 0.2) is 30.3 Å². The van der Waals surface area contributed by atoms with Gasteiger partial charge in [0.15, 0.2) is 5.60 Å². The molecule has 1 fully saturated rings. The Kier molecular flexibility index (Phi) is 2.71. The quantitative estimate of drug-likeness (QED) is 0.562. The maximum absolute atomic E-state index is 12.1. The average molecular weight is 249 g/mol. The fourth-order valence-corrected chi connectivity index (χ4v) is 1.92. The van der Waals surface area contributed by atoms with Gasteiger partial charge in [0.05, 0.1) is 0 Å². The van der Waals surface area contributed by atoms with Crippen molar-refractivity contribution in [2.75, 3.05) is 0 Å². The Morgan fingerprint density at radius 1 is 1.29 bits per heavy atom. The predicted octanol–water partition coefficient (Wildman–Crippen LogP) is 1.75. The molecule has 0 radical (unpaired) electrons. The number of ether oxygens (including phenoxy) is 1. The van der Waals surface area contributed by atoms with Crippen LogP contribution in [-0.2, 0) is 9.53 Å². The summed E-state index contributed by atoms with van der Waals surface area (Å²) in [7, 11) is 0. The van der Waals surface area contributed by atoms with Crippen molar-refractivity contribution >= 4 is 29.2 Å². The van der Waals surface area contributed by atoms with Crippen LogP contribution in [0.3, 0.4) is 0 Å². The summed E-state index contributed by atoms with van der Waals surface area (Å²) in [5.74, 6) is -0.887. The molecule has 88 valence electrons. The number of hydrogen-bond acceptors (Lipinski definition) is 4. The summed E-state index contributed by atoms with van der Waals surface area (Å²) in [6.07, 6.45) is 0. The number of carbonyl (C=O) groups is 2. The van der Waals surface area contributed by atoms with Crippen molar-refractivity contribution in [2.24, 2.45) is 0 Å². The summed E-state index contributed by atoms with van der Waals surface area (Å²) >= 11 is 4.90. The molecule has 4 nitrogen and oxygen atoms in total. The number of rotatable bonds is 1. The Morgan fingerprint density at radius 2 is 1.88 bits per heavy atom. The van der Waals surface area contributed by atoms with Gasteiger partial charge in [0.2, 0.25) is 0 Å². The molecule has 1 aliphatic rings. The van der Waals surface area contributed by atoms with Gasteiger partial charge >= 0.3 is 0 Å². The lowest BCUT2D eigenvalue weighted by Crippen LogP contribution is -2.40. The molecule has 1 aromatic rings. The SMILES string of the molecule is CC1(C)OC(=S)N(C(=O)c2ccccc2)C1=O. The van der Waals surface area contributed by atoms with Crippen LogP contribution < -0.4 is 0 Å². The van der Waals surface area contributed by atoms with Gasteiger partial charge in [-0.3, -0.25) is 9.59 Å². The molecule has 0 N–H and O–H groups in total. The molecule has 2 rings (SSSR count). The topological polar surface area (TPSA) is 46.6 Å². The van der Waals surface area contributed by atoms with E-state index in [1.165, 1.54) is 0 Å². The maximum Gasteiger partial charge on any atom is 0.280 e. The van der Waals surface area contributed by atoms with Gasteiger partial charge in [-0.1, -0.05) is 18.2 Å². The Hall–Kier alpha value is -1.75. The van der Waals surface area contributed by atoms with Crippen LogP contribution in [0.2, 0.25) is 0 Å². The van der Waals surface area contributed by atoms with Crippen LogP contribution in [-0.4, -0.2) is 27.5 Å². The molecule has 0 saturated carbocycles. The third kappa shape index (κ3) is 1.93. The largest absolute Gasteiger partial charge is 0.454 e. The average Bonchev–Trinajstić information content (AvgIpc) is 2.49. The first kappa shape index (κ1) is 11.7. The lowest BCUT2D eigenvalue weighted by Gasteiger charge is -2.13. The molecule has 1 saturated heterocycles. The van der Waals surface area contributed by atoms with Gasteiger partial charge in [-0.2, -0.15) is 0 Å². The number of benzene rings is 1. The predicted molar refractivity (Wildman–Crippen MR) is 65.4 cm³/mol. The summed E-state index contributed by atoms with van der Waals surface area (Å²) in [4.78, 5) is 24.9. The van der Waals surface area contributed by atoms with E-state index in [0.717, 1.165) is 4.90 Å². The van der Waals surface area contributed by atoms with Crippen molar-refractivity contribution in [3.05, 3.63) is 35.9 Å². The molecule has 2 amide bonds. The molecule has 0 aliphatic carbocycles. The minimum atomic E-state index is -1.07. The summed E-state index contributed by atoms with van der Waals surface area (Å²) in [6.45, 7) is 3.17. The second-order valence-electron chi connectivity index (χ2n) is 4.19. The van der Waals surface area contributed by atoms with Gasteiger partial charge < -0.3 is 4.74 Å². The minimum Gasteiger partial charge on any atom is -0.454 e. The van der Waals surface area contributed by atoms with Gasteiger partial charge in [-0.15, -0.1) is 0 Å². The Morgan fingerprint density at radius 3 is 2.35 bits per heavy atom. The molecule has 0 unspecified atom stereocenters. The highest BCUT2D eigenvalue weighted by molar-refractivity contribution is 7.80. The van der Waals surface area contributed by atoms with E-state index >= 15 is 0 Å². The summed E-state index contributed by atoms with van der Waals surface area (Å²) in [5.41, 5.74) is -0.661. The highest BCUT2D eigenvalue weighted by atomic mass is 32.1. The Balaban J connectivity index is 2.34. The number of nitrogens with zero attached hydrogens (tertiary/aromatic N) is 1. The van der Waals surface area contributed by atoms with Crippen LogP contribution >= 0.6 is 12.2 Å². The summed E-state index contributed by atoms with van der Waals surface area (Å²) in [5, 5.41) is -0.0890. The van der Waals surface area contributed by atoms with Crippen LogP contribution in [0, 0.1) is 0 Å². The van der Waals surface area contributed by atoms with E-state index in [1.54, 1.807) is 44.2 Å². The molecule has 5 heteroatoms. The normalized spacial score (nSPS) is 18.1. The first-order chi connectivity index (χ1) is 7.93. The standard InChI is InChI=1S/C12H11NO3S/c1-12(2)10(15)13(11(17)16-12)9(14)8-6-4-3-5-7-8/h3-7H,1-2H3. The molecule has 0 aromatic heterocycles. The van der Waals surface area contributed by atoms with Crippen molar-refractivity contribution in [3.8, 4) is 0 Å². The van der Waals surface area contributed by atoms with Crippen molar-refractivity contribution in [1.29, 1.82) is 0 Å². The molecule has 0 spiro atoms. The van der Waals surface area contributed by atoms with Gasteiger partial charge in [-0.25, -0.2) is 4.90 Å². The van der Waals surface area contributed by atoms with E-state index in [2.05, 4.69) is 0 Å². The Bertz CT molecular complexity index is 496. The van der Waals surface area contributed by atoms with Gasteiger partial charge in [0.25, 0.3) is 17.0 Å². The first-order valence-electron chi connectivity index (χ1n) is 5.10. The minimum absolute atomic E-state index is 0.0890. The number of amides is 2. The number of imide groups is 1. The maximum atomic E-state index is 12.1. The van der Waals surface area contributed by atoms with E-state index in [9.17, 15) is 9.59 Å². The van der Waals surface area contributed by atoms with Crippen LogP contribution in [0.1, 0.15) is 24.2 Å². The second-order valence-corrected chi connectivity index (χ2v) is 4.54. The highest BCUT2D eigenvalue weighted by Gasteiger charge is 2.47. The molecule has 1 aliphatic heterocycles. The van der Waals surface area contributed by atoms with E-state index in [4.69, 9.17) is 17.0 Å². The first-order valence-corrected chi connectivity index (χ1v) is 5.51. The van der Waals surface area contributed by atoms with Crippen molar-refractivity contribution in [3.63, 3.8) is 0 Å². The third-order valence-corrected chi connectivity index (χ3v) is 2.73. The number of hydrogen-bond donors (Lipinski definition) is 0. The number of carbonyl (C=O) groups excluding carboxylic acids is 2. The van der Waals surface area contributed by atoms with Gasteiger partial charge in [0, 0.05) is 5.56 Å². The van der Waals surface area contributed by atoms with Gasteiger partial charge in [-0.05, 0) is 38.2 Å². The van der Waals surface area contributed by atoms with E-state index in [0.29, 0.717) is 5.56 Å². The zero-order valence-electron chi connectivity index (χ0n) is 9.47. The smallest absolute Gasteiger partial charge is 0.280 e.